The minimum atomic E-state index is -3.58. The number of nitrogens with zero attached hydrogens (tertiary/aromatic N) is 2. The molecule has 0 spiro atoms. The van der Waals surface area contributed by atoms with Gasteiger partial charge in [-0.25, -0.2) is 13.1 Å². The summed E-state index contributed by atoms with van der Waals surface area (Å²) in [7, 11) is -3.58. The van der Waals surface area contributed by atoms with Crippen molar-refractivity contribution in [2.75, 3.05) is 13.2 Å². The zero-order chi connectivity index (χ0) is 17.8. The van der Waals surface area contributed by atoms with Gasteiger partial charge in [-0.15, -0.1) is 0 Å². The Bertz CT molecular complexity index is 599. The quantitative estimate of drug-likeness (QED) is 0.735. The van der Waals surface area contributed by atoms with Crippen molar-refractivity contribution in [1.29, 1.82) is 0 Å². The second kappa shape index (κ2) is 7.77. The van der Waals surface area contributed by atoms with Gasteiger partial charge in [0.25, 0.3) is 0 Å². The van der Waals surface area contributed by atoms with Gasteiger partial charge in [0.15, 0.2) is 0 Å². The predicted molar refractivity (Wildman–Crippen MR) is 92.2 cm³/mol. The van der Waals surface area contributed by atoms with Crippen LogP contribution in [0.3, 0.4) is 0 Å². The zero-order valence-corrected chi connectivity index (χ0v) is 16.2. The molecule has 0 fully saturated rings. The molecule has 0 unspecified atom stereocenters. The lowest BCUT2D eigenvalue weighted by atomic mass is 9.92. The summed E-state index contributed by atoms with van der Waals surface area (Å²) in [5, 5.41) is 4.49. The Kier molecular flexibility index (Phi) is 6.80. The fraction of sp³-hybridized carbons (Fsp3) is 0.812. The highest BCUT2D eigenvalue weighted by atomic mass is 32.2. The third kappa shape index (κ3) is 5.90. The first kappa shape index (κ1) is 20.1. The fourth-order valence-corrected chi connectivity index (χ4v) is 3.45. The Morgan fingerprint density at radius 2 is 1.87 bits per heavy atom. The Labute approximate surface area is 140 Å². The van der Waals surface area contributed by atoms with E-state index in [1.165, 1.54) is 0 Å². The number of sulfonamides is 1. The van der Waals surface area contributed by atoms with Crippen LogP contribution in [0, 0.1) is 0 Å². The number of hydrogen-bond donors (Lipinski definition) is 1. The summed E-state index contributed by atoms with van der Waals surface area (Å²) in [4.78, 5) is 0.267. The molecule has 0 amide bonds. The number of ether oxygens (including phenoxy) is 1. The highest BCUT2D eigenvalue weighted by molar-refractivity contribution is 7.89. The van der Waals surface area contributed by atoms with Crippen molar-refractivity contribution >= 4 is 10.0 Å². The van der Waals surface area contributed by atoms with E-state index in [9.17, 15) is 8.42 Å². The number of hydrogen-bond acceptors (Lipinski definition) is 4. The van der Waals surface area contributed by atoms with Gasteiger partial charge in [-0.1, -0.05) is 20.8 Å². The average molecular weight is 346 g/mol. The van der Waals surface area contributed by atoms with Gasteiger partial charge in [-0.3, -0.25) is 4.68 Å². The molecule has 1 heterocycles. The number of aromatic nitrogens is 2. The summed E-state index contributed by atoms with van der Waals surface area (Å²) in [6.45, 7) is 14.7. The Hall–Kier alpha value is -0.920. The number of nitrogens with one attached hydrogen (secondary N) is 1. The Balaban J connectivity index is 2.90. The average Bonchev–Trinajstić information content (AvgIpc) is 2.83. The van der Waals surface area contributed by atoms with Gasteiger partial charge in [0.05, 0.1) is 11.8 Å². The molecule has 0 aliphatic heterocycles. The minimum absolute atomic E-state index is 0.111. The van der Waals surface area contributed by atoms with E-state index >= 15 is 0 Å². The molecule has 0 bridgehead atoms. The Morgan fingerprint density at radius 1 is 1.26 bits per heavy atom. The van der Waals surface area contributed by atoms with Gasteiger partial charge in [0.1, 0.15) is 4.90 Å². The van der Waals surface area contributed by atoms with Crippen LogP contribution in [-0.2, 0) is 20.2 Å². The summed E-state index contributed by atoms with van der Waals surface area (Å²) >= 11 is 0. The van der Waals surface area contributed by atoms with Crippen LogP contribution in [0.5, 0.6) is 0 Å². The molecule has 1 aromatic rings. The minimum Gasteiger partial charge on any atom is -0.379 e. The van der Waals surface area contributed by atoms with Gasteiger partial charge < -0.3 is 4.74 Å². The van der Waals surface area contributed by atoms with Crippen molar-refractivity contribution in [1.82, 2.24) is 14.5 Å². The van der Waals surface area contributed by atoms with Crippen LogP contribution in [-0.4, -0.2) is 37.5 Å². The molecule has 7 heteroatoms. The van der Waals surface area contributed by atoms with E-state index in [4.69, 9.17) is 4.74 Å². The maximum absolute atomic E-state index is 12.6. The molecule has 1 rings (SSSR count). The first-order valence-corrected chi connectivity index (χ1v) is 9.64. The van der Waals surface area contributed by atoms with E-state index in [0.29, 0.717) is 25.3 Å². The van der Waals surface area contributed by atoms with Crippen LogP contribution >= 0.6 is 0 Å². The van der Waals surface area contributed by atoms with Crippen molar-refractivity contribution in [2.24, 2.45) is 0 Å². The molecule has 6 nitrogen and oxygen atoms in total. The van der Waals surface area contributed by atoms with E-state index in [0.717, 1.165) is 0 Å². The number of rotatable bonds is 8. The smallest absolute Gasteiger partial charge is 0.243 e. The fourth-order valence-electron chi connectivity index (χ4n) is 2.03. The van der Waals surface area contributed by atoms with Gasteiger partial charge in [-0.05, 0) is 34.1 Å². The third-order valence-electron chi connectivity index (χ3n) is 3.29. The van der Waals surface area contributed by atoms with Crippen LogP contribution in [0.1, 0.15) is 66.6 Å². The molecular weight excluding hydrogens is 314 g/mol. The molecule has 0 saturated heterocycles. The lowest BCUT2D eigenvalue weighted by molar-refractivity contribution is 0.0778. The van der Waals surface area contributed by atoms with E-state index in [1.54, 1.807) is 10.9 Å². The summed E-state index contributed by atoms with van der Waals surface area (Å²) in [6.07, 6.45) is 2.42. The van der Waals surface area contributed by atoms with Crippen molar-refractivity contribution in [3.8, 4) is 0 Å². The van der Waals surface area contributed by atoms with E-state index in [1.807, 2.05) is 48.5 Å². The summed E-state index contributed by atoms with van der Waals surface area (Å²) in [5.41, 5.74) is 0.252. The van der Waals surface area contributed by atoms with Crippen molar-refractivity contribution < 1.29 is 13.2 Å². The molecule has 134 valence electrons. The second-order valence-electron chi connectivity index (χ2n) is 7.34. The molecule has 0 saturated carbocycles. The van der Waals surface area contributed by atoms with Crippen LogP contribution in [0.15, 0.2) is 11.1 Å². The second-order valence-corrected chi connectivity index (χ2v) is 9.07. The molecule has 0 radical (unpaired) electrons. The van der Waals surface area contributed by atoms with Crippen molar-refractivity contribution in [3.63, 3.8) is 0 Å². The topological polar surface area (TPSA) is 73.2 Å². The maximum Gasteiger partial charge on any atom is 0.243 e. The first-order valence-electron chi connectivity index (χ1n) is 8.16. The largest absolute Gasteiger partial charge is 0.379 e. The monoisotopic (exact) mass is 345 g/mol. The van der Waals surface area contributed by atoms with Crippen LogP contribution in [0.2, 0.25) is 0 Å². The highest BCUT2D eigenvalue weighted by Gasteiger charge is 2.30. The van der Waals surface area contributed by atoms with Crippen LogP contribution in [0.25, 0.3) is 0 Å². The summed E-state index contributed by atoms with van der Waals surface area (Å²) < 4.78 is 35.0. The summed E-state index contributed by atoms with van der Waals surface area (Å²) in [6, 6.07) is 0.111. The molecule has 23 heavy (non-hydrogen) atoms. The van der Waals surface area contributed by atoms with Crippen molar-refractivity contribution in [2.45, 2.75) is 77.3 Å². The molecule has 0 aromatic carbocycles. The third-order valence-corrected chi connectivity index (χ3v) is 4.75. The predicted octanol–water partition coefficient (Wildman–Crippen LogP) is 2.85. The molecule has 0 aliphatic carbocycles. The van der Waals surface area contributed by atoms with Gasteiger partial charge >= 0.3 is 0 Å². The highest BCUT2D eigenvalue weighted by Crippen LogP contribution is 2.28. The van der Waals surface area contributed by atoms with E-state index < -0.39 is 10.0 Å². The standard InChI is InChI=1S/C16H31N3O3S/c1-12(2)19-11-14(15(18-19)16(5,6)7)23(20,21)17-9-8-10-22-13(3)4/h11-13,17H,8-10H2,1-7H3. The lowest BCUT2D eigenvalue weighted by Gasteiger charge is -2.17. The van der Waals surface area contributed by atoms with Gasteiger partial charge in [0, 0.05) is 30.8 Å². The zero-order valence-electron chi connectivity index (χ0n) is 15.4. The van der Waals surface area contributed by atoms with E-state index in [2.05, 4.69) is 9.82 Å². The first-order chi connectivity index (χ1) is 10.4. The molecule has 0 aliphatic rings. The molecule has 1 N–H and O–H groups in total. The van der Waals surface area contributed by atoms with Gasteiger partial charge in [-0.2, -0.15) is 5.10 Å². The lowest BCUT2D eigenvalue weighted by Crippen LogP contribution is -2.28. The maximum atomic E-state index is 12.6. The van der Waals surface area contributed by atoms with Crippen molar-refractivity contribution in [3.05, 3.63) is 11.9 Å². The molecule has 0 atom stereocenters. The SMILES string of the molecule is CC(C)OCCCNS(=O)(=O)c1cn(C(C)C)nc1C(C)(C)C. The Morgan fingerprint density at radius 3 is 2.35 bits per heavy atom. The molecular formula is C16H31N3O3S. The molecule has 1 aromatic heterocycles. The van der Waals surface area contributed by atoms with Crippen LogP contribution in [0.4, 0.5) is 0 Å². The van der Waals surface area contributed by atoms with Crippen LogP contribution < -0.4 is 4.72 Å². The normalized spacial score (nSPS) is 13.3. The van der Waals surface area contributed by atoms with E-state index in [-0.39, 0.29) is 22.5 Å². The summed E-state index contributed by atoms with van der Waals surface area (Å²) in [5.74, 6) is 0. The van der Waals surface area contributed by atoms with Gasteiger partial charge in [0.2, 0.25) is 10.0 Å².